The molecule has 0 radical (unpaired) electrons. The van der Waals surface area contributed by atoms with Crippen molar-refractivity contribution in [2.24, 2.45) is 11.8 Å². The standard InChI is InChI=1S/C22H35N9O2/c1-13(2)19-24-15-5-3-4-6-16(15)31(19)21-26-18-17(20(28-21)29-7-9-32-10-8-29)25-22(27-18)33-14-11-30(23)12-14/h3-6,13-14,19-22,24-28H,7-12,23H2,1-2H3. The van der Waals surface area contributed by atoms with Gasteiger partial charge in [-0.1, -0.05) is 26.0 Å². The van der Waals surface area contributed by atoms with E-state index in [4.69, 9.17) is 15.3 Å². The number of ether oxygens (including phenoxy) is 2. The molecule has 2 saturated heterocycles. The number of rotatable bonds is 5. The van der Waals surface area contributed by atoms with Gasteiger partial charge in [-0.05, 0) is 18.1 Å². The molecular formula is C22H35N9O2. The van der Waals surface area contributed by atoms with Crippen molar-refractivity contribution in [3.05, 3.63) is 35.8 Å². The van der Waals surface area contributed by atoms with Crippen molar-refractivity contribution in [1.29, 1.82) is 0 Å². The van der Waals surface area contributed by atoms with Crippen molar-refractivity contribution in [2.75, 3.05) is 49.6 Å². The van der Waals surface area contributed by atoms with Crippen LogP contribution in [0.4, 0.5) is 11.4 Å². The number of fused-ring (bicyclic) bond motifs is 1. The summed E-state index contributed by atoms with van der Waals surface area (Å²) in [5, 5.41) is 20.1. The highest BCUT2D eigenvalue weighted by atomic mass is 16.5. The quantitative estimate of drug-likeness (QED) is 0.314. The van der Waals surface area contributed by atoms with Gasteiger partial charge in [-0.3, -0.25) is 16.1 Å². The molecule has 1 aromatic carbocycles. The maximum atomic E-state index is 6.20. The molecule has 5 aliphatic rings. The number of benzene rings is 1. The molecule has 1 aromatic rings. The lowest BCUT2D eigenvalue weighted by Crippen LogP contribution is -2.68. The fourth-order valence-corrected chi connectivity index (χ4v) is 5.28. The highest BCUT2D eigenvalue weighted by molar-refractivity contribution is 5.76. The van der Waals surface area contributed by atoms with Gasteiger partial charge in [-0.15, -0.1) is 0 Å². The van der Waals surface area contributed by atoms with Gasteiger partial charge in [0, 0.05) is 26.2 Å². The van der Waals surface area contributed by atoms with Crippen molar-refractivity contribution in [2.45, 2.75) is 44.9 Å². The molecule has 6 rings (SSSR count). The molecule has 2 fully saturated rings. The maximum absolute atomic E-state index is 6.20. The van der Waals surface area contributed by atoms with E-state index >= 15 is 0 Å². The number of morpholine rings is 1. The van der Waals surface area contributed by atoms with Crippen LogP contribution in [0.25, 0.3) is 0 Å². The molecule has 0 aliphatic carbocycles. The first-order chi connectivity index (χ1) is 16.1. The van der Waals surface area contributed by atoms with E-state index in [1.54, 1.807) is 5.01 Å². The molecule has 5 aliphatic heterocycles. The molecule has 33 heavy (non-hydrogen) atoms. The number of hydrogen-bond donors (Lipinski definition) is 6. The van der Waals surface area contributed by atoms with Crippen LogP contribution in [0.1, 0.15) is 13.8 Å². The summed E-state index contributed by atoms with van der Waals surface area (Å²) in [6.07, 6.45) is -0.0606. The Morgan fingerprint density at radius 3 is 2.61 bits per heavy atom. The van der Waals surface area contributed by atoms with Crippen LogP contribution in [-0.2, 0) is 9.47 Å². The van der Waals surface area contributed by atoms with Crippen LogP contribution in [0.3, 0.4) is 0 Å². The van der Waals surface area contributed by atoms with E-state index < -0.39 is 0 Å². The van der Waals surface area contributed by atoms with Crippen LogP contribution in [0.15, 0.2) is 35.8 Å². The summed E-state index contributed by atoms with van der Waals surface area (Å²) in [6.45, 7) is 9.23. The van der Waals surface area contributed by atoms with Gasteiger partial charge >= 0.3 is 0 Å². The molecule has 11 nitrogen and oxygen atoms in total. The Morgan fingerprint density at radius 2 is 1.85 bits per heavy atom. The van der Waals surface area contributed by atoms with Crippen molar-refractivity contribution in [3.63, 3.8) is 0 Å². The minimum absolute atomic E-state index is 0.0178. The van der Waals surface area contributed by atoms with Crippen molar-refractivity contribution < 1.29 is 9.47 Å². The molecule has 0 bridgehead atoms. The summed E-state index contributed by atoms with van der Waals surface area (Å²) in [4.78, 5) is 4.86. The summed E-state index contributed by atoms with van der Waals surface area (Å²) in [6, 6.07) is 8.51. The molecule has 0 spiro atoms. The van der Waals surface area contributed by atoms with Crippen LogP contribution in [0.2, 0.25) is 0 Å². The van der Waals surface area contributed by atoms with Gasteiger partial charge in [0.05, 0.1) is 36.4 Å². The van der Waals surface area contributed by atoms with Crippen LogP contribution in [0, 0.1) is 5.92 Å². The zero-order valence-electron chi connectivity index (χ0n) is 19.3. The third-order valence-corrected chi connectivity index (χ3v) is 7.01. The first-order valence-corrected chi connectivity index (χ1v) is 12.0. The van der Waals surface area contributed by atoms with Gasteiger partial charge in [0.15, 0.2) is 6.29 Å². The van der Waals surface area contributed by atoms with Crippen LogP contribution in [-0.4, -0.2) is 80.4 Å². The topological polar surface area (TPSA) is 114 Å². The largest absolute Gasteiger partial charge is 0.379 e. The van der Waals surface area contributed by atoms with Crippen molar-refractivity contribution in [1.82, 2.24) is 31.2 Å². The Kier molecular flexibility index (Phi) is 5.47. The SMILES string of the molecule is CC(C)C1Nc2ccccc2N1C1NC2=C(NC(OC3CN(N)C3)N2)C(N2CCOCC2)N1. The minimum atomic E-state index is -0.282. The Labute approximate surface area is 194 Å². The Bertz CT molecular complexity index is 900. The lowest BCUT2D eigenvalue weighted by atomic mass is 10.1. The Balaban J connectivity index is 1.27. The van der Waals surface area contributed by atoms with Gasteiger partial charge in [0.2, 0.25) is 6.35 Å². The molecule has 4 atom stereocenters. The fraction of sp³-hybridized carbons (Fsp3) is 0.636. The number of para-hydroxylation sites is 2. The van der Waals surface area contributed by atoms with E-state index in [1.165, 1.54) is 5.69 Å². The highest BCUT2D eigenvalue weighted by Crippen LogP contribution is 2.38. The summed E-state index contributed by atoms with van der Waals surface area (Å²) in [5.74, 6) is 7.19. The Hall–Kier alpha value is -2.28. The van der Waals surface area contributed by atoms with Gasteiger partial charge in [0.25, 0.3) is 0 Å². The number of nitrogens with one attached hydrogen (secondary N) is 5. The van der Waals surface area contributed by atoms with E-state index in [-0.39, 0.29) is 31.1 Å². The van der Waals surface area contributed by atoms with Gasteiger partial charge in [-0.25, -0.2) is 5.01 Å². The second kappa shape index (κ2) is 8.49. The third-order valence-electron chi connectivity index (χ3n) is 7.01. The minimum Gasteiger partial charge on any atom is -0.379 e. The van der Waals surface area contributed by atoms with Crippen molar-refractivity contribution >= 4 is 11.4 Å². The molecule has 0 amide bonds. The Morgan fingerprint density at radius 1 is 1.06 bits per heavy atom. The molecule has 0 saturated carbocycles. The zero-order chi connectivity index (χ0) is 22.5. The summed E-state index contributed by atoms with van der Waals surface area (Å²) in [7, 11) is 0. The van der Waals surface area contributed by atoms with Gasteiger partial charge in [0.1, 0.15) is 18.2 Å². The number of hydrogen-bond acceptors (Lipinski definition) is 11. The number of nitrogens with two attached hydrogens (primary N) is 1. The van der Waals surface area contributed by atoms with Crippen molar-refractivity contribution in [3.8, 4) is 0 Å². The fourth-order valence-electron chi connectivity index (χ4n) is 5.28. The second-order valence-electron chi connectivity index (χ2n) is 9.69. The third kappa shape index (κ3) is 3.88. The summed E-state index contributed by atoms with van der Waals surface area (Å²) in [5.41, 5.74) is 3.45. The predicted molar refractivity (Wildman–Crippen MR) is 125 cm³/mol. The lowest BCUT2D eigenvalue weighted by molar-refractivity contribution is -0.105. The molecule has 4 unspecified atom stereocenters. The van der Waals surface area contributed by atoms with E-state index in [9.17, 15) is 0 Å². The number of anilines is 2. The summed E-state index contributed by atoms with van der Waals surface area (Å²) < 4.78 is 11.8. The number of nitrogens with zero attached hydrogens (tertiary/aromatic N) is 3. The monoisotopic (exact) mass is 457 g/mol. The second-order valence-corrected chi connectivity index (χ2v) is 9.69. The smallest absolute Gasteiger partial charge is 0.206 e. The predicted octanol–water partition coefficient (Wildman–Crippen LogP) is -0.745. The average molecular weight is 458 g/mol. The van der Waals surface area contributed by atoms with E-state index in [1.807, 2.05) is 0 Å². The van der Waals surface area contributed by atoms with Gasteiger partial charge in [-0.2, -0.15) is 0 Å². The molecule has 7 N–H and O–H groups in total. The zero-order valence-corrected chi connectivity index (χ0v) is 19.3. The first-order valence-electron chi connectivity index (χ1n) is 12.0. The van der Waals surface area contributed by atoms with E-state index in [0.717, 1.165) is 56.6 Å². The van der Waals surface area contributed by atoms with E-state index in [0.29, 0.717) is 5.92 Å². The van der Waals surface area contributed by atoms with Crippen LogP contribution in [0.5, 0.6) is 0 Å². The summed E-state index contributed by atoms with van der Waals surface area (Å²) >= 11 is 0. The highest BCUT2D eigenvalue weighted by Gasteiger charge is 2.44. The molecule has 0 aromatic heterocycles. The molecular weight excluding hydrogens is 422 g/mol. The van der Waals surface area contributed by atoms with Gasteiger partial charge < -0.3 is 35.6 Å². The molecule has 5 heterocycles. The lowest BCUT2D eigenvalue weighted by Gasteiger charge is -2.45. The van der Waals surface area contributed by atoms with Crippen LogP contribution >= 0.6 is 0 Å². The number of hydrazine groups is 1. The first kappa shape index (κ1) is 21.3. The normalized spacial score (nSPS) is 32.5. The van der Waals surface area contributed by atoms with Crippen LogP contribution < -0.4 is 37.3 Å². The maximum Gasteiger partial charge on any atom is 0.206 e. The molecule has 180 valence electrons. The average Bonchev–Trinajstić information content (AvgIpc) is 3.39. The van der Waals surface area contributed by atoms with E-state index in [2.05, 4.69) is 74.5 Å². The molecule has 11 heteroatoms.